The van der Waals surface area contributed by atoms with Gasteiger partial charge in [-0.1, -0.05) is 5.22 Å². The van der Waals surface area contributed by atoms with Crippen molar-refractivity contribution in [3.05, 3.63) is 24.3 Å². The van der Waals surface area contributed by atoms with Crippen molar-refractivity contribution in [1.29, 1.82) is 0 Å². The highest BCUT2D eigenvalue weighted by Crippen LogP contribution is 2.20. The Hall–Kier alpha value is -1.58. The van der Waals surface area contributed by atoms with Crippen LogP contribution in [0.5, 0.6) is 0 Å². The second-order valence-corrected chi connectivity index (χ2v) is 4.02. The Bertz CT molecular complexity index is 351. The Balaban J connectivity index is 2.70. The molecular weight excluding hydrogens is 224 g/mol. The smallest absolute Gasteiger partial charge is 0.0875 e. The van der Waals surface area contributed by atoms with E-state index in [1.807, 2.05) is 17.1 Å². The number of hydrogen-bond donors (Lipinski definition) is 0. The van der Waals surface area contributed by atoms with Gasteiger partial charge in [0, 0.05) is 31.9 Å². The van der Waals surface area contributed by atoms with Gasteiger partial charge in [0.15, 0.2) is 0 Å². The second-order valence-electron chi connectivity index (χ2n) is 4.02. The predicted octanol–water partition coefficient (Wildman–Crippen LogP) is 3.87. The van der Waals surface area contributed by atoms with Crippen molar-refractivity contribution in [2.45, 2.75) is 27.7 Å². The summed E-state index contributed by atoms with van der Waals surface area (Å²) < 4.78 is 0. The molecule has 1 aromatic rings. The van der Waals surface area contributed by atoms with Crippen molar-refractivity contribution in [2.24, 2.45) is 10.3 Å². The Labute approximate surface area is 110 Å². The van der Waals surface area contributed by atoms with Gasteiger partial charge >= 0.3 is 0 Å². The second kappa shape index (κ2) is 7.69. The van der Waals surface area contributed by atoms with E-state index < -0.39 is 0 Å². The maximum atomic E-state index is 4.23. The predicted molar refractivity (Wildman–Crippen MR) is 77.4 cm³/mol. The SMILES string of the molecule is CCN(CC)N=Nc1ccc(N(CC)CC)cc1. The van der Waals surface area contributed by atoms with Crippen LogP contribution in [0.2, 0.25) is 0 Å². The number of benzene rings is 1. The standard InChI is InChI=1S/C14H24N4/c1-5-17(6-2)14-11-9-13(10-12-14)15-16-18(7-3)8-4/h9-12H,5-8H2,1-4H3. The highest BCUT2D eigenvalue weighted by Gasteiger charge is 2.01. The van der Waals surface area contributed by atoms with E-state index in [2.05, 4.69) is 55.1 Å². The zero-order valence-electron chi connectivity index (χ0n) is 11.9. The topological polar surface area (TPSA) is 31.2 Å². The van der Waals surface area contributed by atoms with Gasteiger partial charge in [-0.3, -0.25) is 5.01 Å². The summed E-state index contributed by atoms with van der Waals surface area (Å²) in [5.41, 5.74) is 2.14. The quantitative estimate of drug-likeness (QED) is 0.541. The van der Waals surface area contributed by atoms with Crippen molar-refractivity contribution < 1.29 is 0 Å². The third-order valence-electron chi connectivity index (χ3n) is 3.00. The first-order chi connectivity index (χ1) is 8.74. The molecule has 0 N–H and O–H groups in total. The molecular formula is C14H24N4. The van der Waals surface area contributed by atoms with Crippen LogP contribution in [0.25, 0.3) is 0 Å². The molecule has 0 fully saturated rings. The van der Waals surface area contributed by atoms with Gasteiger partial charge in [0.05, 0.1) is 5.69 Å². The van der Waals surface area contributed by atoms with Crippen molar-refractivity contribution in [3.63, 3.8) is 0 Å². The lowest BCUT2D eigenvalue weighted by atomic mass is 10.2. The van der Waals surface area contributed by atoms with Gasteiger partial charge in [-0.05, 0) is 52.0 Å². The monoisotopic (exact) mass is 248 g/mol. The average Bonchev–Trinajstić information content (AvgIpc) is 2.43. The maximum Gasteiger partial charge on any atom is 0.0875 e. The van der Waals surface area contributed by atoms with Gasteiger partial charge in [-0.2, -0.15) is 0 Å². The molecule has 0 amide bonds. The number of anilines is 1. The maximum absolute atomic E-state index is 4.23. The molecule has 0 bridgehead atoms. The molecule has 100 valence electrons. The van der Waals surface area contributed by atoms with E-state index in [4.69, 9.17) is 0 Å². The molecule has 1 rings (SSSR count). The summed E-state index contributed by atoms with van der Waals surface area (Å²) in [7, 11) is 0. The third-order valence-corrected chi connectivity index (χ3v) is 3.00. The van der Waals surface area contributed by atoms with Crippen molar-refractivity contribution in [1.82, 2.24) is 5.01 Å². The summed E-state index contributed by atoms with van der Waals surface area (Å²) in [6.07, 6.45) is 0. The van der Waals surface area contributed by atoms with Crippen LogP contribution >= 0.6 is 0 Å². The molecule has 0 aliphatic heterocycles. The Morgan fingerprint density at radius 3 is 1.83 bits per heavy atom. The van der Waals surface area contributed by atoms with E-state index in [1.165, 1.54) is 5.69 Å². The van der Waals surface area contributed by atoms with Gasteiger partial charge < -0.3 is 4.90 Å². The molecule has 0 spiro atoms. The van der Waals surface area contributed by atoms with E-state index >= 15 is 0 Å². The molecule has 0 saturated carbocycles. The summed E-state index contributed by atoms with van der Waals surface area (Å²) in [5, 5.41) is 10.4. The lowest BCUT2D eigenvalue weighted by Crippen LogP contribution is -2.21. The normalized spacial score (nSPS) is 10.9. The summed E-state index contributed by atoms with van der Waals surface area (Å²) >= 11 is 0. The van der Waals surface area contributed by atoms with Crippen LogP contribution in [-0.2, 0) is 0 Å². The lowest BCUT2D eigenvalue weighted by molar-refractivity contribution is 0.301. The van der Waals surface area contributed by atoms with Crippen LogP contribution in [0.1, 0.15) is 27.7 Å². The van der Waals surface area contributed by atoms with Gasteiger partial charge in [-0.15, -0.1) is 5.11 Å². The summed E-state index contributed by atoms with van der Waals surface area (Å²) in [6.45, 7) is 12.3. The molecule has 0 unspecified atom stereocenters. The highest BCUT2D eigenvalue weighted by atomic mass is 15.5. The van der Waals surface area contributed by atoms with Crippen LogP contribution in [0.4, 0.5) is 11.4 Å². The van der Waals surface area contributed by atoms with Crippen LogP contribution in [0.15, 0.2) is 34.6 Å². The molecule has 0 aromatic heterocycles. The van der Waals surface area contributed by atoms with Gasteiger partial charge in [0.1, 0.15) is 0 Å². The van der Waals surface area contributed by atoms with E-state index in [9.17, 15) is 0 Å². The number of nitrogens with zero attached hydrogens (tertiary/aromatic N) is 4. The average molecular weight is 248 g/mol. The minimum absolute atomic E-state index is 0.886. The van der Waals surface area contributed by atoms with Crippen molar-refractivity contribution >= 4 is 11.4 Å². The Morgan fingerprint density at radius 2 is 1.39 bits per heavy atom. The zero-order chi connectivity index (χ0) is 13.4. The minimum Gasteiger partial charge on any atom is -0.372 e. The summed E-state index contributed by atoms with van der Waals surface area (Å²) in [6, 6.07) is 8.23. The fraction of sp³-hybridized carbons (Fsp3) is 0.571. The Kier molecular flexibility index (Phi) is 6.19. The summed E-state index contributed by atoms with van der Waals surface area (Å²) in [5.74, 6) is 0. The first-order valence-electron chi connectivity index (χ1n) is 6.76. The number of rotatable bonds is 7. The molecule has 0 aliphatic carbocycles. The fourth-order valence-electron chi connectivity index (χ4n) is 1.78. The molecule has 4 nitrogen and oxygen atoms in total. The molecule has 0 heterocycles. The third kappa shape index (κ3) is 4.02. The molecule has 0 atom stereocenters. The van der Waals surface area contributed by atoms with E-state index in [0.717, 1.165) is 31.9 Å². The van der Waals surface area contributed by atoms with Crippen molar-refractivity contribution in [2.75, 3.05) is 31.1 Å². The first kappa shape index (κ1) is 14.5. The minimum atomic E-state index is 0.886. The largest absolute Gasteiger partial charge is 0.372 e. The number of hydrogen-bond acceptors (Lipinski definition) is 3. The van der Waals surface area contributed by atoms with E-state index in [-0.39, 0.29) is 0 Å². The molecule has 0 aliphatic rings. The lowest BCUT2D eigenvalue weighted by Gasteiger charge is -2.20. The molecule has 18 heavy (non-hydrogen) atoms. The van der Waals surface area contributed by atoms with Crippen LogP contribution < -0.4 is 4.90 Å². The van der Waals surface area contributed by atoms with Crippen LogP contribution in [0, 0.1) is 0 Å². The van der Waals surface area contributed by atoms with Gasteiger partial charge in [0.2, 0.25) is 0 Å². The summed E-state index contributed by atoms with van der Waals surface area (Å²) in [4.78, 5) is 2.31. The Morgan fingerprint density at radius 1 is 0.833 bits per heavy atom. The fourth-order valence-corrected chi connectivity index (χ4v) is 1.78. The van der Waals surface area contributed by atoms with Gasteiger partial charge in [0.25, 0.3) is 0 Å². The van der Waals surface area contributed by atoms with Crippen LogP contribution in [-0.4, -0.2) is 31.2 Å². The van der Waals surface area contributed by atoms with E-state index in [0.29, 0.717) is 0 Å². The highest BCUT2D eigenvalue weighted by molar-refractivity contribution is 5.52. The molecule has 1 aromatic carbocycles. The van der Waals surface area contributed by atoms with Crippen molar-refractivity contribution in [3.8, 4) is 0 Å². The van der Waals surface area contributed by atoms with Gasteiger partial charge in [-0.25, -0.2) is 0 Å². The van der Waals surface area contributed by atoms with Crippen LogP contribution in [0.3, 0.4) is 0 Å². The zero-order valence-corrected chi connectivity index (χ0v) is 11.9. The molecule has 0 saturated heterocycles. The molecule has 0 radical (unpaired) electrons. The first-order valence-corrected chi connectivity index (χ1v) is 6.76. The van der Waals surface area contributed by atoms with E-state index in [1.54, 1.807) is 0 Å². The molecule has 4 heteroatoms.